The Labute approximate surface area is 170 Å². The van der Waals surface area contributed by atoms with E-state index in [1.165, 1.54) is 0 Å². The summed E-state index contributed by atoms with van der Waals surface area (Å²) < 4.78 is 8.00. The molecule has 29 heavy (non-hydrogen) atoms. The number of hydrogen-bond donors (Lipinski definition) is 3. The van der Waals surface area contributed by atoms with Crippen LogP contribution in [0.15, 0.2) is 30.3 Å². The highest BCUT2D eigenvalue weighted by Gasteiger charge is 2.33. The third-order valence-corrected chi connectivity index (χ3v) is 5.57. The lowest BCUT2D eigenvalue weighted by atomic mass is 10.1. The van der Waals surface area contributed by atoms with Crippen LogP contribution in [0.25, 0.3) is 21.8 Å². The van der Waals surface area contributed by atoms with E-state index in [1.807, 2.05) is 38.1 Å². The van der Waals surface area contributed by atoms with E-state index in [4.69, 9.17) is 9.72 Å². The predicted octanol–water partition coefficient (Wildman–Crippen LogP) is 4.09. The number of fused-ring (bicyclic) bond motifs is 3. The van der Waals surface area contributed by atoms with Gasteiger partial charge in [0.15, 0.2) is 0 Å². The fraction of sp³-hybridized carbons (Fsp3) is 0.455. The number of benzene rings is 2. The number of ether oxygens (including phenoxy) is 1. The number of hydrogen-bond acceptors (Lipinski definition) is 4. The summed E-state index contributed by atoms with van der Waals surface area (Å²) in [5.41, 5.74) is 2.56. The van der Waals surface area contributed by atoms with Crippen molar-refractivity contribution in [3.05, 3.63) is 36.2 Å². The number of aliphatic hydroxyl groups excluding tert-OH is 1. The molecular weight excluding hydrogens is 368 g/mol. The van der Waals surface area contributed by atoms with Gasteiger partial charge in [-0.15, -0.1) is 0 Å². The Hall–Kier alpha value is -2.64. The molecule has 1 saturated heterocycles. The lowest BCUT2D eigenvalue weighted by Crippen LogP contribution is -2.29. The van der Waals surface area contributed by atoms with E-state index in [2.05, 4.69) is 28.2 Å². The summed E-state index contributed by atoms with van der Waals surface area (Å²) >= 11 is 0. The van der Waals surface area contributed by atoms with E-state index < -0.39 is 6.10 Å². The highest BCUT2D eigenvalue weighted by atomic mass is 16.5. The second-order valence-electron chi connectivity index (χ2n) is 7.73. The predicted molar refractivity (Wildman–Crippen MR) is 114 cm³/mol. The molecule has 1 aliphatic rings. The van der Waals surface area contributed by atoms with Gasteiger partial charge in [-0.2, -0.15) is 0 Å². The Balaban J connectivity index is 1.68. The highest BCUT2D eigenvalue weighted by molar-refractivity contribution is 6.06. The van der Waals surface area contributed by atoms with E-state index in [0.29, 0.717) is 13.0 Å². The molecule has 2 aromatic carbocycles. The third kappa shape index (κ3) is 3.80. The molecule has 7 heteroatoms. The van der Waals surface area contributed by atoms with Crippen LogP contribution in [0.2, 0.25) is 0 Å². The van der Waals surface area contributed by atoms with E-state index in [-0.39, 0.29) is 18.4 Å². The minimum Gasteiger partial charge on any atom is -0.390 e. The van der Waals surface area contributed by atoms with Gasteiger partial charge in [-0.1, -0.05) is 25.5 Å². The molecule has 2 amide bonds. The first kappa shape index (κ1) is 19.7. The molecule has 3 N–H and O–H groups in total. The van der Waals surface area contributed by atoms with Crippen molar-refractivity contribution in [2.75, 3.05) is 11.9 Å². The first-order chi connectivity index (χ1) is 14.0. The molecule has 0 unspecified atom stereocenters. The SMILES string of the molecule is CCCCNC(=O)Nc1ccc2ccc3c(nc(C)n3[C@H]3C[C@H](O)[C@@H](C)O3)c2c1. The number of anilines is 1. The molecule has 3 aromatic rings. The monoisotopic (exact) mass is 396 g/mol. The van der Waals surface area contributed by atoms with E-state index in [0.717, 1.165) is 46.2 Å². The number of nitrogens with zero attached hydrogens (tertiary/aromatic N) is 2. The fourth-order valence-corrected chi connectivity index (χ4v) is 3.95. The van der Waals surface area contributed by atoms with Crippen LogP contribution in [0.1, 0.15) is 45.2 Å². The van der Waals surface area contributed by atoms with E-state index in [1.54, 1.807) is 0 Å². The Kier molecular flexibility index (Phi) is 5.43. The van der Waals surface area contributed by atoms with Crippen LogP contribution < -0.4 is 10.6 Å². The first-order valence-corrected chi connectivity index (χ1v) is 10.3. The Morgan fingerprint density at radius 3 is 2.86 bits per heavy atom. The summed E-state index contributed by atoms with van der Waals surface area (Å²) in [6.45, 7) is 6.59. The molecule has 0 saturated carbocycles. The number of nitrogens with one attached hydrogen (secondary N) is 2. The van der Waals surface area contributed by atoms with Crippen LogP contribution >= 0.6 is 0 Å². The molecule has 2 heterocycles. The quantitative estimate of drug-likeness (QED) is 0.567. The van der Waals surface area contributed by atoms with Crippen molar-refractivity contribution in [2.45, 2.75) is 58.5 Å². The van der Waals surface area contributed by atoms with Gasteiger partial charge in [0.1, 0.15) is 12.1 Å². The van der Waals surface area contributed by atoms with Crippen LogP contribution in [0.3, 0.4) is 0 Å². The van der Waals surface area contributed by atoms with Crippen molar-refractivity contribution >= 4 is 33.5 Å². The average molecular weight is 396 g/mol. The van der Waals surface area contributed by atoms with Crippen molar-refractivity contribution < 1.29 is 14.6 Å². The largest absolute Gasteiger partial charge is 0.390 e. The zero-order valence-corrected chi connectivity index (χ0v) is 17.1. The summed E-state index contributed by atoms with van der Waals surface area (Å²) in [4.78, 5) is 16.9. The molecule has 1 aromatic heterocycles. The van der Waals surface area contributed by atoms with Crippen LogP contribution in [0, 0.1) is 6.92 Å². The van der Waals surface area contributed by atoms with Crippen LogP contribution in [0.5, 0.6) is 0 Å². The lowest BCUT2D eigenvalue weighted by molar-refractivity contribution is -0.00691. The number of rotatable bonds is 5. The smallest absolute Gasteiger partial charge is 0.319 e. The van der Waals surface area contributed by atoms with Gasteiger partial charge < -0.3 is 25.0 Å². The van der Waals surface area contributed by atoms with E-state index in [9.17, 15) is 9.90 Å². The van der Waals surface area contributed by atoms with Gasteiger partial charge in [0, 0.05) is 24.0 Å². The lowest BCUT2D eigenvalue weighted by Gasteiger charge is -2.15. The number of urea groups is 1. The number of imidazole rings is 1. The zero-order chi connectivity index (χ0) is 20.5. The van der Waals surface area contributed by atoms with Crippen molar-refractivity contribution in [3.8, 4) is 0 Å². The molecule has 4 rings (SSSR count). The fourth-order valence-electron chi connectivity index (χ4n) is 3.95. The van der Waals surface area contributed by atoms with Crippen molar-refractivity contribution in [2.24, 2.45) is 0 Å². The number of aliphatic hydroxyl groups is 1. The summed E-state index contributed by atoms with van der Waals surface area (Å²) in [6.07, 6.45) is 1.65. The summed E-state index contributed by atoms with van der Waals surface area (Å²) in [5.74, 6) is 0.842. The number of unbranched alkanes of at least 4 members (excludes halogenated alkanes) is 1. The average Bonchev–Trinajstić information content (AvgIpc) is 3.20. The standard InChI is InChI=1S/C22H28N4O3/c1-4-5-10-23-22(28)25-16-8-6-15-7-9-18-21(17(15)11-16)24-14(3)26(18)20-12-19(27)13(2)29-20/h6-9,11,13,19-20,27H,4-5,10,12H2,1-3H3,(H2,23,25,28)/t13-,19+,20-/m1/s1. The van der Waals surface area contributed by atoms with Gasteiger partial charge in [0.05, 0.1) is 23.2 Å². The number of carbonyl (C=O) groups is 1. The molecule has 0 bridgehead atoms. The van der Waals surface area contributed by atoms with Crippen LogP contribution in [-0.4, -0.2) is 39.4 Å². The van der Waals surface area contributed by atoms with Crippen molar-refractivity contribution in [1.29, 1.82) is 0 Å². The second-order valence-corrected chi connectivity index (χ2v) is 7.73. The molecule has 0 radical (unpaired) electrons. The highest BCUT2D eigenvalue weighted by Crippen LogP contribution is 2.35. The summed E-state index contributed by atoms with van der Waals surface area (Å²) in [5, 5.41) is 17.9. The summed E-state index contributed by atoms with van der Waals surface area (Å²) in [7, 11) is 0. The van der Waals surface area contributed by atoms with Crippen LogP contribution in [0.4, 0.5) is 10.5 Å². The number of aromatic nitrogens is 2. The molecule has 0 spiro atoms. The summed E-state index contributed by atoms with van der Waals surface area (Å²) in [6, 6.07) is 9.74. The van der Waals surface area contributed by atoms with Gasteiger partial charge in [-0.25, -0.2) is 9.78 Å². The van der Waals surface area contributed by atoms with Gasteiger partial charge in [-0.3, -0.25) is 0 Å². The maximum Gasteiger partial charge on any atom is 0.319 e. The van der Waals surface area contributed by atoms with Gasteiger partial charge >= 0.3 is 6.03 Å². The maximum atomic E-state index is 12.1. The molecule has 154 valence electrons. The van der Waals surface area contributed by atoms with Crippen molar-refractivity contribution in [3.63, 3.8) is 0 Å². The molecular formula is C22H28N4O3. The number of carbonyl (C=O) groups excluding carboxylic acids is 1. The maximum absolute atomic E-state index is 12.1. The van der Waals surface area contributed by atoms with Crippen molar-refractivity contribution in [1.82, 2.24) is 14.9 Å². The van der Waals surface area contributed by atoms with Crippen LogP contribution in [-0.2, 0) is 4.74 Å². The minimum atomic E-state index is -0.473. The molecule has 3 atom stereocenters. The van der Waals surface area contributed by atoms with E-state index >= 15 is 0 Å². The molecule has 0 aliphatic carbocycles. The normalized spacial score (nSPS) is 21.7. The number of aryl methyl sites for hydroxylation is 1. The van der Waals surface area contributed by atoms with Gasteiger partial charge in [0.2, 0.25) is 0 Å². The minimum absolute atomic E-state index is 0.195. The Bertz CT molecular complexity index is 1040. The Morgan fingerprint density at radius 1 is 1.34 bits per heavy atom. The Morgan fingerprint density at radius 2 is 2.14 bits per heavy atom. The first-order valence-electron chi connectivity index (χ1n) is 10.3. The molecule has 1 aliphatic heterocycles. The number of amides is 2. The third-order valence-electron chi connectivity index (χ3n) is 5.57. The van der Waals surface area contributed by atoms with Gasteiger partial charge in [0.25, 0.3) is 0 Å². The molecule has 7 nitrogen and oxygen atoms in total. The second kappa shape index (κ2) is 8.00. The van der Waals surface area contributed by atoms with Gasteiger partial charge in [-0.05, 0) is 43.9 Å². The zero-order valence-electron chi connectivity index (χ0n) is 17.1. The molecule has 1 fully saturated rings. The topological polar surface area (TPSA) is 88.4 Å².